The number of benzene rings is 1. The molecule has 1 fully saturated rings. The van der Waals surface area contributed by atoms with Crippen LogP contribution in [0, 0.1) is 18.6 Å². The van der Waals surface area contributed by atoms with Crippen LogP contribution in [0.15, 0.2) is 12.1 Å². The predicted molar refractivity (Wildman–Crippen MR) is 58.6 cm³/mol. The molecule has 0 radical (unpaired) electrons. The second kappa shape index (κ2) is 5.08. The SMILES string of the molecule is Cc1cc(F)c(C(N)C2COCCO2)cc1F. The fraction of sp³-hybridized carbons (Fsp3) is 0.500. The zero-order chi connectivity index (χ0) is 12.4. The summed E-state index contributed by atoms with van der Waals surface area (Å²) < 4.78 is 37.7. The Labute approximate surface area is 98.5 Å². The van der Waals surface area contributed by atoms with Gasteiger partial charge in [0.1, 0.15) is 17.7 Å². The number of ether oxygens (including phenoxy) is 2. The molecule has 1 saturated heterocycles. The normalized spacial score (nSPS) is 22.5. The van der Waals surface area contributed by atoms with Crippen LogP contribution in [0.25, 0.3) is 0 Å². The van der Waals surface area contributed by atoms with E-state index >= 15 is 0 Å². The van der Waals surface area contributed by atoms with E-state index in [1.54, 1.807) is 0 Å². The lowest BCUT2D eigenvalue weighted by Crippen LogP contribution is -2.38. The van der Waals surface area contributed by atoms with Gasteiger partial charge in [-0.2, -0.15) is 0 Å². The maximum atomic E-state index is 13.7. The van der Waals surface area contributed by atoms with Crippen molar-refractivity contribution in [1.29, 1.82) is 0 Å². The third-order valence-electron chi connectivity index (χ3n) is 2.88. The highest BCUT2D eigenvalue weighted by Crippen LogP contribution is 2.24. The van der Waals surface area contributed by atoms with E-state index in [-0.39, 0.29) is 11.1 Å². The second-order valence-corrected chi connectivity index (χ2v) is 4.13. The molecule has 2 unspecified atom stereocenters. The zero-order valence-electron chi connectivity index (χ0n) is 9.58. The first-order chi connectivity index (χ1) is 8.09. The summed E-state index contributed by atoms with van der Waals surface area (Å²) in [6, 6.07) is 1.56. The molecule has 1 aliphatic heterocycles. The number of rotatable bonds is 2. The van der Waals surface area contributed by atoms with Crippen molar-refractivity contribution in [3.05, 3.63) is 34.9 Å². The van der Waals surface area contributed by atoms with Gasteiger partial charge in [-0.05, 0) is 24.6 Å². The highest BCUT2D eigenvalue weighted by atomic mass is 19.1. The van der Waals surface area contributed by atoms with Crippen LogP contribution in [-0.2, 0) is 9.47 Å². The van der Waals surface area contributed by atoms with Crippen molar-refractivity contribution < 1.29 is 18.3 Å². The minimum atomic E-state index is -0.717. The maximum absolute atomic E-state index is 13.7. The monoisotopic (exact) mass is 243 g/mol. The molecule has 1 aromatic rings. The molecule has 0 spiro atoms. The molecule has 2 atom stereocenters. The Bertz CT molecular complexity index is 406. The Kier molecular flexibility index (Phi) is 3.71. The van der Waals surface area contributed by atoms with E-state index in [0.29, 0.717) is 19.8 Å². The van der Waals surface area contributed by atoms with Gasteiger partial charge in [0.25, 0.3) is 0 Å². The van der Waals surface area contributed by atoms with Gasteiger partial charge in [-0.3, -0.25) is 0 Å². The van der Waals surface area contributed by atoms with E-state index in [2.05, 4.69) is 0 Å². The Balaban J connectivity index is 2.23. The van der Waals surface area contributed by atoms with Crippen LogP contribution in [0.5, 0.6) is 0 Å². The summed E-state index contributed by atoms with van der Waals surface area (Å²) in [4.78, 5) is 0. The maximum Gasteiger partial charge on any atom is 0.128 e. The third-order valence-corrected chi connectivity index (χ3v) is 2.88. The minimum Gasteiger partial charge on any atom is -0.376 e. The molecular weight excluding hydrogens is 228 g/mol. The Hall–Kier alpha value is -1.04. The summed E-state index contributed by atoms with van der Waals surface area (Å²) >= 11 is 0. The lowest BCUT2D eigenvalue weighted by Gasteiger charge is -2.28. The number of aryl methyl sites for hydroxylation is 1. The van der Waals surface area contributed by atoms with Gasteiger partial charge in [0.2, 0.25) is 0 Å². The van der Waals surface area contributed by atoms with Crippen LogP contribution in [0.2, 0.25) is 0 Å². The lowest BCUT2D eigenvalue weighted by atomic mass is 10.00. The Morgan fingerprint density at radius 3 is 2.71 bits per heavy atom. The molecule has 2 rings (SSSR count). The van der Waals surface area contributed by atoms with Gasteiger partial charge >= 0.3 is 0 Å². The Morgan fingerprint density at radius 2 is 2.06 bits per heavy atom. The average Bonchev–Trinajstić information content (AvgIpc) is 2.34. The molecular formula is C12H15F2NO2. The molecule has 3 nitrogen and oxygen atoms in total. The molecule has 2 N–H and O–H groups in total. The van der Waals surface area contributed by atoms with Crippen LogP contribution in [0.1, 0.15) is 17.2 Å². The molecule has 0 aliphatic carbocycles. The quantitative estimate of drug-likeness (QED) is 0.859. The number of halogens is 2. The molecule has 0 bridgehead atoms. The molecule has 0 aromatic heterocycles. The lowest BCUT2D eigenvalue weighted by molar-refractivity contribution is -0.0979. The summed E-state index contributed by atoms with van der Waals surface area (Å²) in [5, 5.41) is 0. The van der Waals surface area contributed by atoms with Crippen LogP contribution < -0.4 is 5.73 Å². The van der Waals surface area contributed by atoms with Gasteiger partial charge in [-0.15, -0.1) is 0 Å². The van der Waals surface area contributed by atoms with Crippen LogP contribution in [0.3, 0.4) is 0 Å². The summed E-state index contributed by atoms with van der Waals surface area (Å²) in [6.07, 6.45) is -0.430. The standard InChI is InChI=1S/C12H15F2NO2/c1-7-4-10(14)8(5-9(7)13)12(15)11-6-16-2-3-17-11/h4-5,11-12H,2-3,6,15H2,1H3. The molecule has 0 amide bonds. The number of hydrogen-bond donors (Lipinski definition) is 1. The van der Waals surface area contributed by atoms with E-state index in [1.165, 1.54) is 6.92 Å². The molecule has 0 saturated carbocycles. The van der Waals surface area contributed by atoms with Crippen molar-refractivity contribution in [3.8, 4) is 0 Å². The van der Waals surface area contributed by atoms with E-state index in [4.69, 9.17) is 15.2 Å². The molecule has 94 valence electrons. The largest absolute Gasteiger partial charge is 0.376 e. The van der Waals surface area contributed by atoms with E-state index in [9.17, 15) is 8.78 Å². The fourth-order valence-electron chi connectivity index (χ4n) is 1.83. The van der Waals surface area contributed by atoms with Gasteiger partial charge in [-0.25, -0.2) is 8.78 Å². The van der Waals surface area contributed by atoms with Crippen molar-refractivity contribution >= 4 is 0 Å². The van der Waals surface area contributed by atoms with Gasteiger partial charge < -0.3 is 15.2 Å². The molecule has 1 heterocycles. The first-order valence-electron chi connectivity index (χ1n) is 5.50. The summed E-state index contributed by atoms with van der Waals surface area (Å²) in [7, 11) is 0. The fourth-order valence-corrected chi connectivity index (χ4v) is 1.83. The van der Waals surface area contributed by atoms with Crippen molar-refractivity contribution in [2.45, 2.75) is 19.1 Å². The van der Waals surface area contributed by atoms with Crippen molar-refractivity contribution in [3.63, 3.8) is 0 Å². The van der Waals surface area contributed by atoms with Crippen LogP contribution >= 0.6 is 0 Å². The smallest absolute Gasteiger partial charge is 0.128 e. The summed E-state index contributed by atoms with van der Waals surface area (Å²) in [5.74, 6) is -0.973. The second-order valence-electron chi connectivity index (χ2n) is 4.13. The predicted octanol–water partition coefficient (Wildman–Crippen LogP) is 1.69. The van der Waals surface area contributed by atoms with Crippen molar-refractivity contribution in [2.75, 3.05) is 19.8 Å². The van der Waals surface area contributed by atoms with E-state index < -0.39 is 23.8 Å². The van der Waals surface area contributed by atoms with Gasteiger partial charge in [0.15, 0.2) is 0 Å². The number of hydrogen-bond acceptors (Lipinski definition) is 3. The third kappa shape index (κ3) is 2.62. The topological polar surface area (TPSA) is 44.5 Å². The first kappa shape index (κ1) is 12.4. The van der Waals surface area contributed by atoms with Crippen molar-refractivity contribution in [1.82, 2.24) is 0 Å². The van der Waals surface area contributed by atoms with E-state index in [0.717, 1.165) is 12.1 Å². The van der Waals surface area contributed by atoms with Crippen LogP contribution in [-0.4, -0.2) is 25.9 Å². The summed E-state index contributed by atoms with van der Waals surface area (Å²) in [6.45, 7) is 2.74. The van der Waals surface area contributed by atoms with Crippen LogP contribution in [0.4, 0.5) is 8.78 Å². The van der Waals surface area contributed by atoms with Gasteiger partial charge in [0.05, 0.1) is 25.9 Å². The minimum absolute atomic E-state index is 0.128. The summed E-state index contributed by atoms with van der Waals surface area (Å²) in [5.41, 5.74) is 6.27. The Morgan fingerprint density at radius 1 is 1.29 bits per heavy atom. The zero-order valence-corrected chi connectivity index (χ0v) is 9.58. The highest BCUT2D eigenvalue weighted by molar-refractivity contribution is 5.28. The first-order valence-corrected chi connectivity index (χ1v) is 5.50. The highest BCUT2D eigenvalue weighted by Gasteiger charge is 2.26. The van der Waals surface area contributed by atoms with Crippen molar-refractivity contribution in [2.24, 2.45) is 5.73 Å². The molecule has 17 heavy (non-hydrogen) atoms. The van der Waals surface area contributed by atoms with Gasteiger partial charge in [-0.1, -0.05) is 0 Å². The van der Waals surface area contributed by atoms with Gasteiger partial charge in [0, 0.05) is 5.56 Å². The van der Waals surface area contributed by atoms with E-state index in [1.807, 2.05) is 0 Å². The molecule has 1 aliphatic rings. The molecule has 1 aromatic carbocycles. The average molecular weight is 243 g/mol. The number of nitrogens with two attached hydrogens (primary N) is 1. The molecule has 5 heteroatoms.